The van der Waals surface area contributed by atoms with Gasteiger partial charge in [-0.2, -0.15) is 0 Å². The largest absolute Gasteiger partial charge is 0.294 e. The molecule has 0 bridgehead atoms. The molecule has 1 aliphatic carbocycles. The summed E-state index contributed by atoms with van der Waals surface area (Å²) in [4.78, 5) is 16.0. The summed E-state index contributed by atoms with van der Waals surface area (Å²) in [6.45, 7) is 2.53. The van der Waals surface area contributed by atoms with Gasteiger partial charge in [0.1, 0.15) is 5.82 Å². The molecule has 0 saturated heterocycles. The molecule has 2 aromatic heterocycles. The second kappa shape index (κ2) is 7.56. The molecule has 25 heavy (non-hydrogen) atoms. The fourth-order valence-electron chi connectivity index (χ4n) is 3.90. The van der Waals surface area contributed by atoms with Crippen LogP contribution in [-0.2, 0) is 19.5 Å². The zero-order chi connectivity index (χ0) is 17.2. The number of pyridine rings is 1. The summed E-state index contributed by atoms with van der Waals surface area (Å²) in [5.41, 5.74) is 3.40. The predicted molar refractivity (Wildman–Crippen MR) is 99.9 cm³/mol. The van der Waals surface area contributed by atoms with Crippen LogP contribution in [0.4, 0.5) is 0 Å². The van der Waals surface area contributed by atoms with Crippen molar-refractivity contribution >= 4 is 23.2 Å². The molecular formula is C19H22Cl2N4. The average Bonchev–Trinajstić information content (AvgIpc) is 2.65. The van der Waals surface area contributed by atoms with Crippen molar-refractivity contribution in [2.45, 2.75) is 57.5 Å². The van der Waals surface area contributed by atoms with Crippen LogP contribution < -0.4 is 0 Å². The summed E-state index contributed by atoms with van der Waals surface area (Å²) < 4.78 is 0. The molecule has 132 valence electrons. The number of nitrogens with zero attached hydrogens (tertiary/aromatic N) is 4. The molecule has 0 radical (unpaired) electrons. The molecule has 4 nitrogen and oxygen atoms in total. The maximum Gasteiger partial charge on any atom is 0.131 e. The molecule has 1 saturated carbocycles. The Hall–Kier alpha value is -1.23. The number of halogens is 2. The Kier molecular flexibility index (Phi) is 5.20. The molecule has 0 spiro atoms. The maximum atomic E-state index is 6.26. The molecular weight excluding hydrogens is 355 g/mol. The van der Waals surface area contributed by atoms with Gasteiger partial charge < -0.3 is 0 Å². The molecule has 2 aliphatic rings. The maximum absolute atomic E-state index is 6.26. The van der Waals surface area contributed by atoms with E-state index in [1.54, 1.807) is 12.4 Å². The van der Waals surface area contributed by atoms with Crippen LogP contribution in [0.1, 0.15) is 60.7 Å². The first-order valence-electron chi connectivity index (χ1n) is 9.05. The van der Waals surface area contributed by atoms with Crippen LogP contribution in [0, 0.1) is 0 Å². The molecule has 0 amide bonds. The lowest BCUT2D eigenvalue weighted by Gasteiger charge is -2.29. The summed E-state index contributed by atoms with van der Waals surface area (Å²) in [5.74, 6) is 1.62. The minimum Gasteiger partial charge on any atom is -0.294 e. The highest BCUT2D eigenvalue weighted by atomic mass is 35.5. The molecule has 1 aliphatic heterocycles. The lowest BCUT2D eigenvalue weighted by molar-refractivity contribution is 0.242. The highest BCUT2D eigenvalue weighted by Gasteiger charge is 2.23. The van der Waals surface area contributed by atoms with E-state index < -0.39 is 0 Å². The second-order valence-corrected chi connectivity index (χ2v) is 7.89. The number of hydrogen-bond acceptors (Lipinski definition) is 4. The highest BCUT2D eigenvalue weighted by Crippen LogP contribution is 2.32. The molecule has 2 aromatic rings. The Balaban J connectivity index is 1.48. The molecule has 6 heteroatoms. The monoisotopic (exact) mass is 376 g/mol. The van der Waals surface area contributed by atoms with Gasteiger partial charge in [-0.3, -0.25) is 9.88 Å². The Morgan fingerprint density at radius 1 is 1.04 bits per heavy atom. The van der Waals surface area contributed by atoms with Crippen molar-refractivity contribution in [3.8, 4) is 0 Å². The van der Waals surface area contributed by atoms with E-state index >= 15 is 0 Å². The van der Waals surface area contributed by atoms with E-state index in [1.807, 2.05) is 6.20 Å². The van der Waals surface area contributed by atoms with Crippen LogP contribution in [0.5, 0.6) is 0 Å². The Labute approximate surface area is 158 Å². The van der Waals surface area contributed by atoms with Crippen LogP contribution >= 0.6 is 23.2 Å². The normalized spacial score (nSPS) is 19.0. The summed E-state index contributed by atoms with van der Waals surface area (Å²) in [6, 6.07) is 0. The van der Waals surface area contributed by atoms with Gasteiger partial charge >= 0.3 is 0 Å². The van der Waals surface area contributed by atoms with Crippen molar-refractivity contribution in [2.24, 2.45) is 0 Å². The highest BCUT2D eigenvalue weighted by molar-refractivity contribution is 6.35. The Bertz CT molecular complexity index is 739. The SMILES string of the molecule is Clc1cncc(Cl)c1CN1CCc2nc(C3CCCCC3)ncc2C1. The third-order valence-electron chi connectivity index (χ3n) is 5.34. The van der Waals surface area contributed by atoms with E-state index in [1.165, 1.54) is 43.4 Å². The van der Waals surface area contributed by atoms with Crippen molar-refractivity contribution in [3.63, 3.8) is 0 Å². The van der Waals surface area contributed by atoms with Gasteiger partial charge in [0.15, 0.2) is 0 Å². The number of aromatic nitrogens is 3. The third-order valence-corrected chi connectivity index (χ3v) is 5.99. The summed E-state index contributed by atoms with van der Waals surface area (Å²) in [5, 5.41) is 1.25. The average molecular weight is 377 g/mol. The van der Waals surface area contributed by atoms with Crippen molar-refractivity contribution in [3.05, 3.63) is 51.3 Å². The lowest BCUT2D eigenvalue weighted by Crippen LogP contribution is -2.31. The minimum absolute atomic E-state index is 0.562. The van der Waals surface area contributed by atoms with Crippen molar-refractivity contribution in [1.29, 1.82) is 0 Å². The van der Waals surface area contributed by atoms with Gasteiger partial charge in [-0.15, -0.1) is 0 Å². The first kappa shape index (κ1) is 17.2. The Morgan fingerprint density at radius 2 is 1.80 bits per heavy atom. The van der Waals surface area contributed by atoms with Gasteiger partial charge in [0.05, 0.1) is 10.0 Å². The number of hydrogen-bond donors (Lipinski definition) is 0. The number of rotatable bonds is 3. The fourth-order valence-corrected chi connectivity index (χ4v) is 4.38. The topological polar surface area (TPSA) is 41.9 Å². The summed E-state index contributed by atoms with van der Waals surface area (Å²) >= 11 is 12.5. The number of fused-ring (bicyclic) bond motifs is 1. The standard InChI is InChI=1S/C19H22Cl2N4/c20-16-9-22-10-17(21)15(16)12-25-7-6-18-14(11-25)8-23-19(24-18)13-4-2-1-3-5-13/h8-10,13H,1-7,11-12H2. The van der Waals surface area contributed by atoms with E-state index in [0.717, 1.165) is 37.4 Å². The summed E-state index contributed by atoms with van der Waals surface area (Å²) in [6.07, 6.45) is 12.8. The van der Waals surface area contributed by atoms with E-state index in [2.05, 4.69) is 9.88 Å². The zero-order valence-corrected chi connectivity index (χ0v) is 15.7. The second-order valence-electron chi connectivity index (χ2n) is 7.08. The van der Waals surface area contributed by atoms with Crippen LogP contribution in [0.15, 0.2) is 18.6 Å². The molecule has 0 unspecified atom stereocenters. The predicted octanol–water partition coefficient (Wildman–Crippen LogP) is 4.78. The van der Waals surface area contributed by atoms with Gasteiger partial charge in [0.25, 0.3) is 0 Å². The minimum atomic E-state index is 0.562. The van der Waals surface area contributed by atoms with Crippen molar-refractivity contribution in [2.75, 3.05) is 6.54 Å². The molecule has 4 rings (SSSR count). The quantitative estimate of drug-likeness (QED) is 0.772. The van der Waals surface area contributed by atoms with Gasteiger partial charge in [-0.25, -0.2) is 9.97 Å². The summed E-state index contributed by atoms with van der Waals surface area (Å²) in [7, 11) is 0. The first-order valence-corrected chi connectivity index (χ1v) is 9.81. The van der Waals surface area contributed by atoms with E-state index in [0.29, 0.717) is 16.0 Å². The van der Waals surface area contributed by atoms with Gasteiger partial charge in [-0.05, 0) is 12.8 Å². The van der Waals surface area contributed by atoms with Crippen LogP contribution in [0.25, 0.3) is 0 Å². The first-order chi connectivity index (χ1) is 12.2. The van der Waals surface area contributed by atoms with Gasteiger partial charge in [0, 0.05) is 67.4 Å². The van der Waals surface area contributed by atoms with Crippen LogP contribution in [0.2, 0.25) is 10.0 Å². The Morgan fingerprint density at radius 3 is 2.56 bits per heavy atom. The van der Waals surface area contributed by atoms with Crippen LogP contribution in [0.3, 0.4) is 0 Å². The van der Waals surface area contributed by atoms with Crippen molar-refractivity contribution in [1.82, 2.24) is 19.9 Å². The van der Waals surface area contributed by atoms with Gasteiger partial charge in [0.2, 0.25) is 0 Å². The molecule has 0 aromatic carbocycles. The molecule has 0 N–H and O–H groups in total. The van der Waals surface area contributed by atoms with E-state index in [9.17, 15) is 0 Å². The van der Waals surface area contributed by atoms with Crippen molar-refractivity contribution < 1.29 is 0 Å². The van der Waals surface area contributed by atoms with Crippen LogP contribution in [-0.4, -0.2) is 26.4 Å². The molecule has 0 atom stereocenters. The fraction of sp³-hybridized carbons (Fsp3) is 0.526. The zero-order valence-electron chi connectivity index (χ0n) is 14.2. The molecule has 3 heterocycles. The molecule has 1 fully saturated rings. The lowest BCUT2D eigenvalue weighted by atomic mass is 9.88. The van der Waals surface area contributed by atoms with E-state index in [-0.39, 0.29) is 0 Å². The van der Waals surface area contributed by atoms with Gasteiger partial charge in [-0.1, -0.05) is 42.5 Å². The third kappa shape index (κ3) is 3.81. The van der Waals surface area contributed by atoms with E-state index in [4.69, 9.17) is 33.2 Å². The smallest absolute Gasteiger partial charge is 0.131 e.